The molecular formula is C9H14ClNO2. The number of aromatic hydroxyl groups is 1. The fourth-order valence-corrected chi connectivity index (χ4v) is 0.785. The van der Waals surface area contributed by atoms with Gasteiger partial charge in [-0.3, -0.25) is 0 Å². The zero-order valence-electron chi connectivity index (χ0n) is 12.6. The number of phenols is 1. The number of nitrogens with one attached hydrogen (secondary N) is 1. The normalized spacial score (nSPS) is 23.2. The summed E-state index contributed by atoms with van der Waals surface area (Å²) in [6.07, 6.45) is -2.86. The number of rotatable bonds is 3. The van der Waals surface area contributed by atoms with Crippen LogP contribution in [-0.4, -0.2) is 23.7 Å². The highest BCUT2D eigenvalue weighted by Gasteiger charge is 2.05. The fourth-order valence-electron chi connectivity index (χ4n) is 0.785. The molecule has 0 heterocycles. The Morgan fingerprint density at radius 2 is 2.54 bits per heavy atom. The van der Waals surface area contributed by atoms with Crippen LogP contribution in [0.2, 0.25) is 0 Å². The standard InChI is InChI=1S/C9H13NO2.ClH/c1-10-6-9(12)7-3-2-4-8(11)5-7;/h2-5,9-12H,6H2,1H3;1H/t9-;/m1./s1/i1D3,6D2,9D;. The van der Waals surface area contributed by atoms with Gasteiger partial charge in [0.15, 0.2) is 0 Å². The lowest BCUT2D eigenvalue weighted by Gasteiger charge is -2.09. The third-order valence-corrected chi connectivity index (χ3v) is 1.30. The predicted molar refractivity (Wildman–Crippen MR) is 54.2 cm³/mol. The van der Waals surface area contributed by atoms with Crippen molar-refractivity contribution in [1.82, 2.24) is 5.32 Å². The first kappa shape index (κ1) is 5.20. The Morgan fingerprint density at radius 3 is 3.15 bits per heavy atom. The zero-order valence-corrected chi connectivity index (χ0v) is 7.43. The van der Waals surface area contributed by atoms with Crippen molar-refractivity contribution in [3.63, 3.8) is 0 Å². The molecule has 0 aromatic heterocycles. The van der Waals surface area contributed by atoms with E-state index in [-0.39, 0.29) is 23.7 Å². The largest absolute Gasteiger partial charge is 0.508 e. The molecule has 3 nitrogen and oxygen atoms in total. The number of aliphatic hydroxyl groups is 1. The number of hydrogen-bond donors (Lipinski definition) is 3. The molecule has 0 aliphatic carbocycles. The Bertz CT molecular complexity index is 437. The summed E-state index contributed by atoms with van der Waals surface area (Å²) >= 11 is 0. The smallest absolute Gasteiger partial charge is 0.115 e. The van der Waals surface area contributed by atoms with Gasteiger partial charge in [0.25, 0.3) is 0 Å². The van der Waals surface area contributed by atoms with Gasteiger partial charge in [0, 0.05) is 13.4 Å². The first-order valence-corrected chi connectivity index (χ1v) is 3.27. The molecule has 4 heteroatoms. The van der Waals surface area contributed by atoms with Crippen molar-refractivity contribution < 1.29 is 18.4 Å². The Kier molecular flexibility index (Phi) is 2.32. The Labute approximate surface area is 92.2 Å². The maximum Gasteiger partial charge on any atom is 0.115 e. The highest BCUT2D eigenvalue weighted by molar-refractivity contribution is 5.85. The minimum atomic E-state index is -2.92. The molecule has 13 heavy (non-hydrogen) atoms. The molecule has 0 bridgehead atoms. The quantitative estimate of drug-likeness (QED) is 0.698. The molecule has 0 fully saturated rings. The SMILES string of the molecule is Cl.[2H]C([2H])([2H])NC([2H])([2H])[C@@]([2H])(O)c1cccc(O)c1. The molecule has 1 aromatic carbocycles. The second-order valence-corrected chi connectivity index (χ2v) is 2.15. The van der Waals surface area contributed by atoms with E-state index in [4.69, 9.17) is 8.22 Å². The molecule has 0 amide bonds. The lowest BCUT2D eigenvalue weighted by atomic mass is 10.1. The molecule has 0 aliphatic heterocycles. The third-order valence-electron chi connectivity index (χ3n) is 1.30. The summed E-state index contributed by atoms with van der Waals surface area (Å²) in [5, 5.41) is 20.7. The van der Waals surface area contributed by atoms with Crippen molar-refractivity contribution in [3.8, 4) is 5.75 Å². The molecule has 1 atom stereocenters. The molecule has 0 radical (unpaired) electrons. The molecular weight excluding hydrogens is 190 g/mol. The number of hydrogen-bond acceptors (Lipinski definition) is 3. The average molecular weight is 210 g/mol. The predicted octanol–water partition coefficient (Wildman–Crippen LogP) is 1.07. The van der Waals surface area contributed by atoms with E-state index in [0.717, 1.165) is 6.07 Å². The minimum Gasteiger partial charge on any atom is -0.508 e. The van der Waals surface area contributed by atoms with E-state index in [2.05, 4.69) is 0 Å². The minimum absolute atomic E-state index is 0. The second-order valence-electron chi connectivity index (χ2n) is 2.15. The van der Waals surface area contributed by atoms with Crippen LogP contribution in [0.1, 0.15) is 19.9 Å². The van der Waals surface area contributed by atoms with Gasteiger partial charge in [-0.05, 0) is 24.7 Å². The van der Waals surface area contributed by atoms with Crippen LogP contribution in [0.25, 0.3) is 0 Å². The van der Waals surface area contributed by atoms with E-state index in [0.29, 0.717) is 0 Å². The van der Waals surface area contributed by atoms with E-state index in [1.165, 1.54) is 18.2 Å². The van der Waals surface area contributed by atoms with Crippen LogP contribution in [0, 0.1) is 0 Å². The first-order valence-electron chi connectivity index (χ1n) is 6.27. The van der Waals surface area contributed by atoms with Crippen molar-refractivity contribution >= 4 is 12.4 Å². The van der Waals surface area contributed by atoms with Crippen LogP contribution in [0.15, 0.2) is 24.3 Å². The number of halogens is 1. The second kappa shape index (κ2) is 5.80. The van der Waals surface area contributed by atoms with Gasteiger partial charge in [-0.25, -0.2) is 0 Å². The topological polar surface area (TPSA) is 52.5 Å². The Hall–Kier alpha value is -0.770. The van der Waals surface area contributed by atoms with Crippen molar-refractivity contribution in [2.24, 2.45) is 0 Å². The van der Waals surface area contributed by atoms with Gasteiger partial charge in [0.05, 0.1) is 7.45 Å². The monoisotopic (exact) mass is 209 g/mol. The van der Waals surface area contributed by atoms with E-state index >= 15 is 0 Å². The van der Waals surface area contributed by atoms with Crippen LogP contribution < -0.4 is 5.32 Å². The lowest BCUT2D eigenvalue weighted by Crippen LogP contribution is -2.16. The summed E-state index contributed by atoms with van der Waals surface area (Å²) < 4.78 is 43.3. The van der Waals surface area contributed by atoms with Crippen LogP contribution >= 0.6 is 12.4 Å². The zero-order chi connectivity index (χ0) is 14.2. The summed E-state index contributed by atoms with van der Waals surface area (Å²) in [5.74, 6) is -0.261. The van der Waals surface area contributed by atoms with Gasteiger partial charge >= 0.3 is 0 Å². The maximum atomic E-state index is 9.87. The highest BCUT2D eigenvalue weighted by atomic mass is 35.5. The first-order chi connectivity index (χ1) is 7.96. The molecule has 0 saturated heterocycles. The summed E-state index contributed by atoms with van der Waals surface area (Å²) in [7, 11) is 0. The fraction of sp³-hybridized carbons (Fsp3) is 0.333. The molecule has 1 aromatic rings. The molecule has 1 rings (SSSR count). The molecule has 0 spiro atoms. The van der Waals surface area contributed by atoms with Gasteiger partial charge in [0.1, 0.15) is 5.75 Å². The number of benzene rings is 1. The highest BCUT2D eigenvalue weighted by Crippen LogP contribution is 2.17. The van der Waals surface area contributed by atoms with Crippen LogP contribution in [0.3, 0.4) is 0 Å². The van der Waals surface area contributed by atoms with E-state index in [1.54, 1.807) is 5.32 Å². The Morgan fingerprint density at radius 1 is 1.77 bits per heavy atom. The maximum absolute atomic E-state index is 9.87. The van der Waals surface area contributed by atoms with E-state index < -0.39 is 19.6 Å². The number of likely N-dealkylation sites (N-methyl/N-ethyl adjacent to an activating group) is 1. The molecule has 0 saturated carbocycles. The van der Waals surface area contributed by atoms with Gasteiger partial charge in [-0.1, -0.05) is 12.1 Å². The average Bonchev–Trinajstić information content (AvgIpc) is 2.13. The van der Waals surface area contributed by atoms with E-state index in [1.807, 2.05) is 0 Å². The Balaban J connectivity index is 0.00000324. The van der Waals surface area contributed by atoms with Crippen LogP contribution in [0.4, 0.5) is 0 Å². The van der Waals surface area contributed by atoms with Gasteiger partial charge in [-0.2, -0.15) is 0 Å². The molecule has 74 valence electrons. The molecule has 3 N–H and O–H groups in total. The van der Waals surface area contributed by atoms with Gasteiger partial charge < -0.3 is 15.5 Å². The van der Waals surface area contributed by atoms with Crippen molar-refractivity contribution in [3.05, 3.63) is 29.8 Å². The summed E-state index contributed by atoms with van der Waals surface area (Å²) in [5.41, 5.74) is -0.260. The van der Waals surface area contributed by atoms with Crippen molar-refractivity contribution in [2.75, 3.05) is 13.5 Å². The summed E-state index contributed by atoms with van der Waals surface area (Å²) in [4.78, 5) is 0. The van der Waals surface area contributed by atoms with Gasteiger partial charge in [-0.15, -0.1) is 12.4 Å². The number of phenolic OH excluding ortho intramolecular Hbond substituents is 1. The van der Waals surface area contributed by atoms with Crippen LogP contribution in [0.5, 0.6) is 5.75 Å². The van der Waals surface area contributed by atoms with Crippen LogP contribution in [-0.2, 0) is 0 Å². The van der Waals surface area contributed by atoms with E-state index in [9.17, 15) is 10.2 Å². The third kappa shape index (κ3) is 3.63. The lowest BCUT2D eigenvalue weighted by molar-refractivity contribution is 0.177. The van der Waals surface area contributed by atoms with Gasteiger partial charge in [0.2, 0.25) is 0 Å². The molecule has 0 unspecified atom stereocenters. The van der Waals surface area contributed by atoms with Crippen molar-refractivity contribution in [2.45, 2.75) is 6.08 Å². The van der Waals surface area contributed by atoms with Crippen molar-refractivity contribution in [1.29, 1.82) is 0 Å². The summed E-state index contributed by atoms with van der Waals surface area (Å²) in [6.45, 7) is -5.78. The molecule has 0 aliphatic rings. The summed E-state index contributed by atoms with van der Waals surface area (Å²) in [6, 6.07) is 4.81.